The van der Waals surface area contributed by atoms with E-state index in [1.165, 1.54) is 6.07 Å². The van der Waals surface area contributed by atoms with E-state index >= 15 is 0 Å². The minimum atomic E-state index is -4.10. The van der Waals surface area contributed by atoms with E-state index in [0.717, 1.165) is 0 Å². The number of benzene rings is 1. The highest BCUT2D eigenvalue weighted by molar-refractivity contribution is 8.13. The lowest BCUT2D eigenvalue weighted by Crippen LogP contribution is -2.25. The molecule has 0 fully saturated rings. The highest BCUT2D eigenvalue weighted by atomic mass is 35.7. The Bertz CT molecular complexity index is 819. The molecule has 0 aliphatic carbocycles. The molecule has 2 aromatic rings. The van der Waals surface area contributed by atoms with Gasteiger partial charge in [0.1, 0.15) is 0 Å². The number of carbonyl (C=O) groups is 1. The van der Waals surface area contributed by atoms with Gasteiger partial charge in [-0.15, -0.1) is 0 Å². The van der Waals surface area contributed by atoms with Crippen LogP contribution in [0.15, 0.2) is 23.2 Å². The summed E-state index contributed by atoms with van der Waals surface area (Å²) in [4.78, 5) is 14.7. The first-order valence-corrected chi connectivity index (χ1v) is 8.67. The molecule has 114 valence electrons. The number of hydrogen-bond donors (Lipinski definition) is 1. The van der Waals surface area contributed by atoms with Gasteiger partial charge in [0.25, 0.3) is 9.05 Å². The maximum absolute atomic E-state index is 12.0. The van der Waals surface area contributed by atoms with Crippen molar-refractivity contribution in [2.45, 2.75) is 25.8 Å². The van der Waals surface area contributed by atoms with Gasteiger partial charge < -0.3 is 9.72 Å². The molecule has 0 bridgehead atoms. The van der Waals surface area contributed by atoms with Crippen LogP contribution in [0.1, 0.15) is 20.8 Å². The van der Waals surface area contributed by atoms with Crippen molar-refractivity contribution >= 4 is 48.2 Å². The van der Waals surface area contributed by atoms with Crippen LogP contribution in [-0.4, -0.2) is 19.4 Å². The van der Waals surface area contributed by atoms with Crippen LogP contribution in [0.4, 0.5) is 0 Å². The Balaban J connectivity index is 2.69. The third kappa shape index (κ3) is 3.33. The van der Waals surface area contributed by atoms with Gasteiger partial charge in [0.2, 0.25) is 0 Å². The molecular weight excluding hydrogens is 337 g/mol. The Morgan fingerprint density at radius 2 is 1.90 bits per heavy atom. The van der Waals surface area contributed by atoms with Crippen LogP contribution in [0.3, 0.4) is 0 Å². The molecule has 5 nitrogen and oxygen atoms in total. The minimum absolute atomic E-state index is 0.137. The van der Waals surface area contributed by atoms with Crippen molar-refractivity contribution in [3.8, 4) is 5.75 Å². The lowest BCUT2D eigenvalue weighted by atomic mass is 9.97. The third-order valence-corrected chi connectivity index (χ3v) is 4.20. The largest absolute Gasteiger partial charge is 0.422 e. The van der Waals surface area contributed by atoms with Crippen LogP contribution < -0.4 is 4.74 Å². The van der Waals surface area contributed by atoms with Crippen molar-refractivity contribution in [3.63, 3.8) is 0 Å². The van der Waals surface area contributed by atoms with Crippen LogP contribution in [0, 0.1) is 5.41 Å². The van der Waals surface area contributed by atoms with Gasteiger partial charge in [-0.05, 0) is 39.0 Å². The lowest BCUT2D eigenvalue weighted by molar-refractivity contribution is -0.143. The van der Waals surface area contributed by atoms with Gasteiger partial charge in [-0.1, -0.05) is 11.6 Å². The van der Waals surface area contributed by atoms with Gasteiger partial charge in [0.05, 0.1) is 10.9 Å². The first kappa shape index (κ1) is 16.1. The first-order chi connectivity index (χ1) is 9.50. The Labute approximate surface area is 131 Å². The fraction of sp³-hybridized carbons (Fsp3) is 0.308. The van der Waals surface area contributed by atoms with E-state index < -0.39 is 20.4 Å². The van der Waals surface area contributed by atoms with Crippen molar-refractivity contribution in [1.29, 1.82) is 0 Å². The second kappa shape index (κ2) is 5.19. The molecule has 1 aromatic carbocycles. The maximum atomic E-state index is 12.0. The monoisotopic (exact) mass is 349 g/mol. The standard InChI is InChI=1S/C13H13Cl2NO4S/c1-13(2,3)12(17)20-10-8-6-7(14)4-5-9(8)16-11(10)21(15,18)19/h4-6,16H,1-3H3. The topological polar surface area (TPSA) is 76.2 Å². The Kier molecular flexibility index (Phi) is 3.99. The molecule has 1 heterocycles. The van der Waals surface area contributed by atoms with E-state index in [1.807, 2.05) is 0 Å². The number of halogens is 2. The van der Waals surface area contributed by atoms with Crippen LogP contribution in [0.25, 0.3) is 10.9 Å². The number of aromatic nitrogens is 1. The van der Waals surface area contributed by atoms with Crippen LogP contribution in [0.2, 0.25) is 5.02 Å². The van der Waals surface area contributed by atoms with Crippen molar-refractivity contribution in [2.75, 3.05) is 0 Å². The molecule has 0 aliphatic heterocycles. The van der Waals surface area contributed by atoms with Crippen molar-refractivity contribution in [1.82, 2.24) is 4.98 Å². The third-order valence-electron chi connectivity index (χ3n) is 2.73. The molecular formula is C13H13Cl2NO4S. The van der Waals surface area contributed by atoms with Crippen molar-refractivity contribution in [3.05, 3.63) is 23.2 Å². The molecule has 21 heavy (non-hydrogen) atoms. The fourth-order valence-electron chi connectivity index (χ4n) is 1.63. The number of esters is 1. The number of rotatable bonds is 2. The molecule has 1 aromatic heterocycles. The highest BCUT2D eigenvalue weighted by Gasteiger charge is 2.29. The van der Waals surface area contributed by atoms with E-state index in [4.69, 9.17) is 27.0 Å². The zero-order chi connectivity index (χ0) is 16.0. The number of hydrogen-bond acceptors (Lipinski definition) is 4. The smallest absolute Gasteiger partial charge is 0.316 e. The molecule has 0 saturated carbocycles. The second-order valence-electron chi connectivity index (χ2n) is 5.55. The molecule has 0 amide bonds. The lowest BCUT2D eigenvalue weighted by Gasteiger charge is -2.16. The van der Waals surface area contributed by atoms with Gasteiger partial charge >= 0.3 is 5.97 Å². The minimum Gasteiger partial charge on any atom is -0.422 e. The Morgan fingerprint density at radius 1 is 1.29 bits per heavy atom. The van der Waals surface area contributed by atoms with Crippen LogP contribution in [0.5, 0.6) is 5.75 Å². The summed E-state index contributed by atoms with van der Waals surface area (Å²) >= 11 is 5.90. The molecule has 0 aliphatic rings. The van der Waals surface area contributed by atoms with Gasteiger partial charge in [0, 0.05) is 21.1 Å². The number of carbonyl (C=O) groups excluding carboxylic acids is 1. The zero-order valence-electron chi connectivity index (χ0n) is 11.5. The zero-order valence-corrected chi connectivity index (χ0v) is 13.9. The van der Waals surface area contributed by atoms with E-state index in [1.54, 1.807) is 32.9 Å². The van der Waals surface area contributed by atoms with E-state index in [-0.39, 0.29) is 10.8 Å². The van der Waals surface area contributed by atoms with Crippen molar-refractivity contribution in [2.24, 2.45) is 5.41 Å². The highest BCUT2D eigenvalue weighted by Crippen LogP contribution is 2.37. The maximum Gasteiger partial charge on any atom is 0.316 e. The quantitative estimate of drug-likeness (QED) is 0.662. The summed E-state index contributed by atoms with van der Waals surface area (Å²) in [5.41, 5.74) is -0.342. The summed E-state index contributed by atoms with van der Waals surface area (Å²) in [6, 6.07) is 4.67. The van der Waals surface area contributed by atoms with E-state index in [9.17, 15) is 13.2 Å². The normalized spacial score (nSPS) is 12.6. The van der Waals surface area contributed by atoms with Crippen LogP contribution in [-0.2, 0) is 13.8 Å². The summed E-state index contributed by atoms with van der Waals surface area (Å²) in [6.07, 6.45) is 0. The molecule has 0 atom stereocenters. The Hall–Kier alpha value is -1.24. The molecule has 0 spiro atoms. The Morgan fingerprint density at radius 3 is 2.43 bits per heavy atom. The summed E-state index contributed by atoms with van der Waals surface area (Å²) in [5, 5.41) is 0.395. The van der Waals surface area contributed by atoms with E-state index in [2.05, 4.69) is 4.98 Å². The molecule has 1 N–H and O–H groups in total. The van der Waals surface area contributed by atoms with E-state index in [0.29, 0.717) is 15.9 Å². The molecule has 0 radical (unpaired) electrons. The van der Waals surface area contributed by atoms with Gasteiger partial charge in [-0.2, -0.15) is 0 Å². The fourth-order valence-corrected chi connectivity index (χ4v) is 2.74. The summed E-state index contributed by atoms with van der Waals surface area (Å²) in [6.45, 7) is 4.98. The number of nitrogens with one attached hydrogen (secondary N) is 1. The number of aromatic amines is 1. The second-order valence-corrected chi connectivity index (χ2v) is 8.49. The predicted molar refractivity (Wildman–Crippen MR) is 81.4 cm³/mol. The molecule has 0 unspecified atom stereocenters. The van der Waals surface area contributed by atoms with Gasteiger partial charge in [-0.3, -0.25) is 4.79 Å². The van der Waals surface area contributed by atoms with Gasteiger partial charge in [-0.25, -0.2) is 8.42 Å². The summed E-state index contributed by atoms with van der Waals surface area (Å²) in [5.74, 6) is -0.715. The number of fused-ring (bicyclic) bond motifs is 1. The average Bonchev–Trinajstić information content (AvgIpc) is 2.66. The number of ether oxygens (including phenoxy) is 1. The predicted octanol–water partition coefficient (Wildman–Crippen LogP) is 3.70. The molecule has 0 saturated heterocycles. The van der Waals surface area contributed by atoms with Crippen LogP contribution >= 0.6 is 22.3 Å². The average molecular weight is 350 g/mol. The molecule has 2 rings (SSSR count). The summed E-state index contributed by atoms with van der Waals surface area (Å²) < 4.78 is 28.6. The molecule has 8 heteroatoms. The first-order valence-electron chi connectivity index (χ1n) is 5.98. The number of H-pyrrole nitrogens is 1. The summed E-state index contributed by atoms with van der Waals surface area (Å²) in [7, 11) is 1.29. The van der Waals surface area contributed by atoms with Gasteiger partial charge in [0.15, 0.2) is 10.8 Å². The van der Waals surface area contributed by atoms with Crippen molar-refractivity contribution < 1.29 is 17.9 Å². The SMILES string of the molecule is CC(C)(C)C(=O)Oc1c(S(=O)(=O)Cl)[nH]c2ccc(Cl)cc12.